The van der Waals surface area contributed by atoms with Crippen LogP contribution in [0.5, 0.6) is 0 Å². The highest BCUT2D eigenvalue weighted by Gasteiger charge is 2.19. The molecule has 0 fully saturated rings. The van der Waals surface area contributed by atoms with Crippen molar-refractivity contribution < 1.29 is 23.5 Å². The van der Waals surface area contributed by atoms with E-state index in [9.17, 15) is 18.4 Å². The van der Waals surface area contributed by atoms with Gasteiger partial charge in [-0.15, -0.1) is 0 Å². The standard InChI is InChI=1S/C17H23F2NO3/c1-11(2)8-13(17(22)23)10-20-16(21)5-3-4-12-6-7-14(18)15(19)9-12/h6-7,9,11,13H,3-5,8,10H2,1-2H3,(H,20,21)(H,22,23). The van der Waals surface area contributed by atoms with Gasteiger partial charge in [0.1, 0.15) is 0 Å². The third-order valence-electron chi connectivity index (χ3n) is 3.50. The van der Waals surface area contributed by atoms with E-state index in [-0.39, 0.29) is 24.8 Å². The van der Waals surface area contributed by atoms with Crippen LogP contribution in [0.2, 0.25) is 0 Å². The fourth-order valence-corrected chi connectivity index (χ4v) is 2.31. The molecular formula is C17H23F2NO3. The lowest BCUT2D eigenvalue weighted by Gasteiger charge is -2.15. The third kappa shape index (κ3) is 7.21. The molecular weight excluding hydrogens is 304 g/mol. The third-order valence-corrected chi connectivity index (χ3v) is 3.50. The zero-order valence-corrected chi connectivity index (χ0v) is 13.4. The molecule has 1 unspecified atom stereocenters. The van der Waals surface area contributed by atoms with Crippen LogP contribution in [0.3, 0.4) is 0 Å². The quantitative estimate of drug-likeness (QED) is 0.732. The van der Waals surface area contributed by atoms with Crippen LogP contribution < -0.4 is 5.32 Å². The Balaban J connectivity index is 2.33. The Kier molecular flexibility index (Phi) is 7.65. The van der Waals surface area contributed by atoms with E-state index < -0.39 is 23.5 Å². The maximum atomic E-state index is 13.0. The molecule has 0 aliphatic heterocycles. The summed E-state index contributed by atoms with van der Waals surface area (Å²) in [5, 5.41) is 11.7. The summed E-state index contributed by atoms with van der Waals surface area (Å²) in [7, 11) is 0. The average molecular weight is 327 g/mol. The van der Waals surface area contributed by atoms with Crippen LogP contribution in [0, 0.1) is 23.5 Å². The van der Waals surface area contributed by atoms with E-state index in [0.29, 0.717) is 24.8 Å². The summed E-state index contributed by atoms with van der Waals surface area (Å²) >= 11 is 0. The second-order valence-electron chi connectivity index (χ2n) is 6.07. The Hall–Kier alpha value is -1.98. The van der Waals surface area contributed by atoms with Crippen molar-refractivity contribution in [1.82, 2.24) is 5.32 Å². The van der Waals surface area contributed by atoms with Crippen LogP contribution in [0.4, 0.5) is 8.78 Å². The van der Waals surface area contributed by atoms with E-state index in [1.54, 1.807) is 0 Å². The number of carbonyl (C=O) groups is 2. The number of nitrogens with one attached hydrogen (secondary N) is 1. The van der Waals surface area contributed by atoms with Crippen LogP contribution in [-0.2, 0) is 16.0 Å². The molecule has 23 heavy (non-hydrogen) atoms. The molecule has 128 valence electrons. The first-order valence-corrected chi connectivity index (χ1v) is 7.73. The molecule has 0 saturated carbocycles. The predicted molar refractivity (Wildman–Crippen MR) is 82.9 cm³/mol. The molecule has 4 nitrogen and oxygen atoms in total. The molecule has 0 aliphatic carbocycles. The molecule has 1 rings (SSSR count). The molecule has 0 aromatic heterocycles. The van der Waals surface area contributed by atoms with Gasteiger partial charge in [0.15, 0.2) is 11.6 Å². The largest absolute Gasteiger partial charge is 0.481 e. The van der Waals surface area contributed by atoms with Crippen molar-refractivity contribution in [2.24, 2.45) is 11.8 Å². The van der Waals surface area contributed by atoms with Crippen LogP contribution in [0.1, 0.15) is 38.7 Å². The smallest absolute Gasteiger partial charge is 0.308 e. The van der Waals surface area contributed by atoms with Crippen molar-refractivity contribution in [3.8, 4) is 0 Å². The summed E-state index contributed by atoms with van der Waals surface area (Å²) in [4.78, 5) is 22.8. The monoisotopic (exact) mass is 327 g/mol. The van der Waals surface area contributed by atoms with Crippen LogP contribution >= 0.6 is 0 Å². The zero-order chi connectivity index (χ0) is 17.4. The maximum absolute atomic E-state index is 13.0. The number of amides is 1. The summed E-state index contributed by atoms with van der Waals surface area (Å²) in [6.45, 7) is 3.97. The van der Waals surface area contributed by atoms with E-state index >= 15 is 0 Å². The number of benzene rings is 1. The average Bonchev–Trinajstić information content (AvgIpc) is 2.46. The minimum absolute atomic E-state index is 0.109. The van der Waals surface area contributed by atoms with Gasteiger partial charge in [-0.1, -0.05) is 19.9 Å². The molecule has 0 saturated heterocycles. The molecule has 1 amide bonds. The molecule has 1 aromatic carbocycles. The van der Waals surface area contributed by atoms with Crippen molar-refractivity contribution in [3.05, 3.63) is 35.4 Å². The normalized spacial score (nSPS) is 12.2. The number of halogens is 2. The van der Waals surface area contributed by atoms with Gasteiger partial charge >= 0.3 is 5.97 Å². The van der Waals surface area contributed by atoms with E-state index in [2.05, 4.69) is 5.32 Å². The van der Waals surface area contributed by atoms with Gasteiger partial charge in [0.2, 0.25) is 5.91 Å². The molecule has 0 aliphatic rings. The lowest BCUT2D eigenvalue weighted by Crippen LogP contribution is -2.33. The molecule has 0 radical (unpaired) electrons. The number of aliphatic carboxylic acids is 1. The van der Waals surface area contributed by atoms with Gasteiger partial charge in [0.25, 0.3) is 0 Å². The van der Waals surface area contributed by atoms with E-state index in [1.165, 1.54) is 6.07 Å². The Morgan fingerprint density at radius 1 is 1.22 bits per heavy atom. The first-order chi connectivity index (χ1) is 10.8. The first kappa shape index (κ1) is 19.1. The summed E-state index contributed by atoms with van der Waals surface area (Å²) in [5.41, 5.74) is 0.625. The van der Waals surface area contributed by atoms with Gasteiger partial charge in [-0.05, 0) is 42.9 Å². The predicted octanol–water partition coefficient (Wildman–Crippen LogP) is 3.15. The Morgan fingerprint density at radius 3 is 2.48 bits per heavy atom. The van der Waals surface area contributed by atoms with E-state index in [0.717, 1.165) is 12.1 Å². The van der Waals surface area contributed by atoms with Gasteiger partial charge in [-0.3, -0.25) is 9.59 Å². The summed E-state index contributed by atoms with van der Waals surface area (Å²) in [6, 6.07) is 3.67. The number of aryl methyl sites for hydroxylation is 1. The minimum Gasteiger partial charge on any atom is -0.481 e. The maximum Gasteiger partial charge on any atom is 0.308 e. The fraction of sp³-hybridized carbons (Fsp3) is 0.529. The minimum atomic E-state index is -0.916. The highest BCUT2D eigenvalue weighted by Crippen LogP contribution is 2.12. The number of carboxylic acids is 1. The van der Waals surface area contributed by atoms with Gasteiger partial charge < -0.3 is 10.4 Å². The highest BCUT2D eigenvalue weighted by molar-refractivity contribution is 5.77. The molecule has 0 heterocycles. The Morgan fingerprint density at radius 2 is 1.91 bits per heavy atom. The SMILES string of the molecule is CC(C)CC(CNC(=O)CCCc1ccc(F)c(F)c1)C(=O)O. The van der Waals surface area contributed by atoms with Gasteiger partial charge in [-0.2, -0.15) is 0 Å². The number of hydrogen-bond donors (Lipinski definition) is 2. The Labute approximate surface area is 134 Å². The number of carboxylic acid groups (broad SMARTS) is 1. The van der Waals surface area contributed by atoms with E-state index in [1.807, 2.05) is 13.8 Å². The number of rotatable bonds is 9. The van der Waals surface area contributed by atoms with Crippen molar-refractivity contribution in [1.29, 1.82) is 0 Å². The van der Waals surface area contributed by atoms with Gasteiger partial charge in [0, 0.05) is 13.0 Å². The molecule has 0 spiro atoms. The summed E-state index contributed by atoms with van der Waals surface area (Å²) in [6.07, 6.45) is 1.66. The van der Waals surface area contributed by atoms with E-state index in [4.69, 9.17) is 5.11 Å². The fourth-order valence-electron chi connectivity index (χ4n) is 2.31. The highest BCUT2D eigenvalue weighted by atomic mass is 19.2. The molecule has 1 aromatic rings. The Bertz CT molecular complexity index is 547. The first-order valence-electron chi connectivity index (χ1n) is 7.73. The van der Waals surface area contributed by atoms with Crippen molar-refractivity contribution in [2.75, 3.05) is 6.54 Å². The lowest BCUT2D eigenvalue weighted by atomic mass is 9.97. The summed E-state index contributed by atoms with van der Waals surface area (Å²) < 4.78 is 25.8. The second-order valence-corrected chi connectivity index (χ2v) is 6.07. The van der Waals surface area contributed by atoms with Crippen LogP contribution in [-0.4, -0.2) is 23.5 Å². The number of hydrogen-bond acceptors (Lipinski definition) is 2. The molecule has 0 bridgehead atoms. The lowest BCUT2D eigenvalue weighted by molar-refractivity contribution is -0.142. The second kappa shape index (κ2) is 9.22. The zero-order valence-electron chi connectivity index (χ0n) is 13.4. The molecule has 2 N–H and O–H groups in total. The van der Waals surface area contributed by atoms with Gasteiger partial charge in [0.05, 0.1) is 5.92 Å². The van der Waals surface area contributed by atoms with Crippen LogP contribution in [0.15, 0.2) is 18.2 Å². The van der Waals surface area contributed by atoms with Crippen molar-refractivity contribution in [3.63, 3.8) is 0 Å². The molecule has 6 heteroatoms. The molecule has 1 atom stereocenters. The van der Waals surface area contributed by atoms with Crippen LogP contribution in [0.25, 0.3) is 0 Å². The number of carbonyl (C=O) groups excluding carboxylic acids is 1. The van der Waals surface area contributed by atoms with Crippen molar-refractivity contribution in [2.45, 2.75) is 39.5 Å². The topological polar surface area (TPSA) is 66.4 Å². The van der Waals surface area contributed by atoms with Gasteiger partial charge in [-0.25, -0.2) is 8.78 Å². The summed E-state index contributed by atoms with van der Waals surface area (Å²) in [5.74, 6) is -3.30. The van der Waals surface area contributed by atoms with Crippen molar-refractivity contribution >= 4 is 11.9 Å².